The van der Waals surface area contributed by atoms with E-state index in [1.54, 1.807) is 30.3 Å². The van der Waals surface area contributed by atoms with E-state index in [9.17, 15) is 9.59 Å². The van der Waals surface area contributed by atoms with Gasteiger partial charge >= 0.3 is 0 Å². The van der Waals surface area contributed by atoms with Gasteiger partial charge in [-0.15, -0.1) is 0 Å². The third kappa shape index (κ3) is 6.27. The van der Waals surface area contributed by atoms with E-state index in [0.717, 1.165) is 22.4 Å². The molecule has 158 valence electrons. The Morgan fingerprint density at radius 3 is 2.42 bits per heavy atom. The average molecular weight is 415 g/mol. The van der Waals surface area contributed by atoms with Crippen LogP contribution in [0.4, 0.5) is 5.69 Å². The monoisotopic (exact) mass is 415 g/mol. The Labute approximate surface area is 182 Å². The Kier molecular flexibility index (Phi) is 7.17. The number of anilines is 1. The molecule has 0 aliphatic rings. The van der Waals surface area contributed by atoms with Crippen LogP contribution < -0.4 is 15.5 Å². The van der Waals surface area contributed by atoms with Crippen LogP contribution in [0.1, 0.15) is 32.6 Å². The molecule has 0 aliphatic heterocycles. The van der Waals surface area contributed by atoms with Crippen molar-refractivity contribution in [1.82, 2.24) is 5.43 Å². The summed E-state index contributed by atoms with van der Waals surface area (Å²) in [7, 11) is 0. The van der Waals surface area contributed by atoms with Gasteiger partial charge in [-0.1, -0.05) is 35.9 Å². The molecule has 0 saturated heterocycles. The zero-order valence-electron chi connectivity index (χ0n) is 17.8. The number of nitrogens with one attached hydrogen (secondary N) is 2. The first-order chi connectivity index (χ1) is 14.9. The fourth-order valence-electron chi connectivity index (χ4n) is 2.81. The third-order valence-electron chi connectivity index (χ3n) is 4.75. The fraction of sp³-hybridized carbons (Fsp3) is 0.160. The van der Waals surface area contributed by atoms with Crippen LogP contribution in [0.5, 0.6) is 5.75 Å². The Bertz CT molecular complexity index is 1110. The van der Waals surface area contributed by atoms with Gasteiger partial charge in [-0.05, 0) is 68.3 Å². The predicted molar refractivity (Wildman–Crippen MR) is 123 cm³/mol. The van der Waals surface area contributed by atoms with Gasteiger partial charge in [-0.25, -0.2) is 5.43 Å². The van der Waals surface area contributed by atoms with Crippen molar-refractivity contribution in [2.75, 3.05) is 11.9 Å². The number of nitrogens with zero attached hydrogens (tertiary/aromatic N) is 1. The van der Waals surface area contributed by atoms with E-state index in [1.807, 2.05) is 57.2 Å². The van der Waals surface area contributed by atoms with Crippen LogP contribution in [0, 0.1) is 20.8 Å². The summed E-state index contributed by atoms with van der Waals surface area (Å²) < 4.78 is 5.66. The first-order valence-corrected chi connectivity index (χ1v) is 9.91. The molecule has 0 heterocycles. The molecule has 0 radical (unpaired) electrons. The van der Waals surface area contributed by atoms with E-state index in [0.29, 0.717) is 16.9 Å². The molecule has 0 spiro atoms. The molecule has 0 bridgehead atoms. The molecule has 0 saturated carbocycles. The molecule has 3 aromatic rings. The number of aryl methyl sites for hydroxylation is 3. The van der Waals surface area contributed by atoms with E-state index < -0.39 is 0 Å². The maximum atomic E-state index is 12.3. The highest BCUT2D eigenvalue weighted by atomic mass is 16.5. The number of amides is 2. The summed E-state index contributed by atoms with van der Waals surface area (Å²) in [6.07, 6.45) is 1.49. The van der Waals surface area contributed by atoms with Crippen LogP contribution >= 0.6 is 0 Å². The second kappa shape index (κ2) is 10.2. The molecule has 2 amide bonds. The highest BCUT2D eigenvalue weighted by Gasteiger charge is 2.08. The van der Waals surface area contributed by atoms with Crippen LogP contribution in [0.15, 0.2) is 71.8 Å². The van der Waals surface area contributed by atoms with Gasteiger partial charge in [0.25, 0.3) is 11.8 Å². The summed E-state index contributed by atoms with van der Waals surface area (Å²) in [5, 5.41) is 6.83. The summed E-state index contributed by atoms with van der Waals surface area (Å²) in [5.41, 5.74) is 7.74. The summed E-state index contributed by atoms with van der Waals surface area (Å²) in [4.78, 5) is 24.4. The van der Waals surface area contributed by atoms with E-state index in [4.69, 9.17) is 4.74 Å². The van der Waals surface area contributed by atoms with Crippen LogP contribution in [-0.4, -0.2) is 24.6 Å². The number of rotatable bonds is 7. The highest BCUT2D eigenvalue weighted by molar-refractivity contribution is 5.95. The molecular formula is C25H25N3O3. The van der Waals surface area contributed by atoms with Crippen molar-refractivity contribution in [3.63, 3.8) is 0 Å². The normalized spacial score (nSPS) is 10.7. The van der Waals surface area contributed by atoms with Crippen molar-refractivity contribution in [3.8, 4) is 5.75 Å². The van der Waals surface area contributed by atoms with Crippen molar-refractivity contribution in [2.24, 2.45) is 5.10 Å². The number of hydrogen-bond donors (Lipinski definition) is 2. The maximum absolute atomic E-state index is 12.3. The lowest BCUT2D eigenvalue weighted by atomic mass is 10.1. The van der Waals surface area contributed by atoms with Crippen molar-refractivity contribution in [3.05, 3.63) is 94.5 Å². The fourth-order valence-corrected chi connectivity index (χ4v) is 2.81. The molecule has 2 N–H and O–H groups in total. The van der Waals surface area contributed by atoms with Crippen LogP contribution in [-0.2, 0) is 4.79 Å². The van der Waals surface area contributed by atoms with Crippen LogP contribution in [0.25, 0.3) is 0 Å². The lowest BCUT2D eigenvalue weighted by Crippen LogP contribution is -2.20. The van der Waals surface area contributed by atoms with Crippen molar-refractivity contribution >= 4 is 23.7 Å². The molecule has 0 aliphatic carbocycles. The maximum Gasteiger partial charge on any atom is 0.271 e. The second-order valence-electron chi connectivity index (χ2n) is 7.24. The van der Waals surface area contributed by atoms with Crippen molar-refractivity contribution in [2.45, 2.75) is 20.8 Å². The zero-order chi connectivity index (χ0) is 22.2. The minimum atomic E-state index is -0.303. The van der Waals surface area contributed by atoms with Crippen LogP contribution in [0.2, 0.25) is 0 Å². The summed E-state index contributed by atoms with van der Waals surface area (Å²) in [6, 6.07) is 20.1. The average Bonchev–Trinajstić information content (AvgIpc) is 2.76. The number of para-hydroxylation sites is 1. The van der Waals surface area contributed by atoms with Crippen LogP contribution in [0.3, 0.4) is 0 Å². The number of benzene rings is 3. The Morgan fingerprint density at radius 2 is 1.68 bits per heavy atom. The first-order valence-electron chi connectivity index (χ1n) is 9.91. The van der Waals surface area contributed by atoms with E-state index in [2.05, 4.69) is 15.8 Å². The van der Waals surface area contributed by atoms with Gasteiger partial charge in [0.2, 0.25) is 0 Å². The Morgan fingerprint density at radius 1 is 0.935 bits per heavy atom. The largest absolute Gasteiger partial charge is 0.483 e. The lowest BCUT2D eigenvalue weighted by Gasteiger charge is -2.10. The SMILES string of the molecule is Cc1ccc(C(=O)N/N=C/c2ccccc2OCC(=O)Nc2ccc(C)c(C)c2)cc1. The Hall–Kier alpha value is -3.93. The molecule has 0 atom stereocenters. The number of hydrogen-bond acceptors (Lipinski definition) is 4. The molecular weight excluding hydrogens is 390 g/mol. The number of carbonyl (C=O) groups excluding carboxylic acids is 2. The molecule has 6 nitrogen and oxygen atoms in total. The highest BCUT2D eigenvalue weighted by Crippen LogP contribution is 2.17. The lowest BCUT2D eigenvalue weighted by molar-refractivity contribution is -0.118. The quantitative estimate of drug-likeness (QED) is 0.444. The first kappa shape index (κ1) is 21.8. The molecule has 0 unspecified atom stereocenters. The standard InChI is InChI=1S/C25H25N3O3/c1-17-8-11-20(12-9-17)25(30)28-26-15-21-6-4-5-7-23(21)31-16-24(29)27-22-13-10-18(2)19(3)14-22/h4-15H,16H2,1-3H3,(H,27,29)(H,28,30)/b26-15+. The Balaban J connectivity index is 1.57. The van der Waals surface area contributed by atoms with Gasteiger partial charge in [0.15, 0.2) is 6.61 Å². The van der Waals surface area contributed by atoms with Gasteiger partial charge < -0.3 is 10.1 Å². The molecule has 0 fully saturated rings. The smallest absolute Gasteiger partial charge is 0.271 e. The minimum absolute atomic E-state index is 0.145. The third-order valence-corrected chi connectivity index (χ3v) is 4.75. The van der Waals surface area contributed by atoms with E-state index in [-0.39, 0.29) is 18.4 Å². The van der Waals surface area contributed by atoms with E-state index >= 15 is 0 Å². The van der Waals surface area contributed by atoms with Gasteiger partial charge in [-0.2, -0.15) is 5.10 Å². The topological polar surface area (TPSA) is 79.8 Å². The predicted octanol–water partition coefficient (Wildman–Crippen LogP) is 4.39. The zero-order valence-corrected chi connectivity index (χ0v) is 17.8. The molecule has 6 heteroatoms. The molecule has 31 heavy (non-hydrogen) atoms. The second-order valence-corrected chi connectivity index (χ2v) is 7.24. The van der Waals surface area contributed by atoms with Gasteiger partial charge in [0, 0.05) is 16.8 Å². The number of carbonyl (C=O) groups is 2. The van der Waals surface area contributed by atoms with E-state index in [1.165, 1.54) is 6.21 Å². The minimum Gasteiger partial charge on any atom is -0.483 e. The summed E-state index contributed by atoms with van der Waals surface area (Å²) in [5.74, 6) is -0.0730. The van der Waals surface area contributed by atoms with Crippen molar-refractivity contribution < 1.29 is 14.3 Å². The summed E-state index contributed by atoms with van der Waals surface area (Å²) in [6.45, 7) is 5.83. The number of hydrazone groups is 1. The molecule has 3 aromatic carbocycles. The van der Waals surface area contributed by atoms with Gasteiger partial charge in [0.1, 0.15) is 5.75 Å². The molecule has 3 rings (SSSR count). The van der Waals surface area contributed by atoms with Gasteiger partial charge in [0.05, 0.1) is 6.21 Å². The number of ether oxygens (including phenoxy) is 1. The van der Waals surface area contributed by atoms with Crippen molar-refractivity contribution in [1.29, 1.82) is 0 Å². The molecule has 0 aromatic heterocycles. The van der Waals surface area contributed by atoms with Gasteiger partial charge in [-0.3, -0.25) is 9.59 Å². The summed E-state index contributed by atoms with van der Waals surface area (Å²) >= 11 is 0.